The molecule has 4 N–H and O–H groups in total. The highest BCUT2D eigenvalue weighted by Gasteiger charge is 2.23. The molecule has 0 aliphatic carbocycles. The van der Waals surface area contributed by atoms with Crippen molar-refractivity contribution in [3.63, 3.8) is 0 Å². The molecule has 2 rings (SSSR count). The zero-order valence-electron chi connectivity index (χ0n) is 14.1. The van der Waals surface area contributed by atoms with Gasteiger partial charge in [-0.15, -0.1) is 0 Å². The largest absolute Gasteiger partial charge is 0.366 e. The van der Waals surface area contributed by atoms with Crippen LogP contribution in [0.5, 0.6) is 0 Å². The molecule has 0 spiro atoms. The molecule has 2 amide bonds. The normalized spacial score (nSPS) is 10.6. The Balaban J connectivity index is 2.88. The van der Waals surface area contributed by atoms with Gasteiger partial charge in [-0.2, -0.15) is 0 Å². The summed E-state index contributed by atoms with van der Waals surface area (Å²) in [5.41, 5.74) is 15.2. The lowest BCUT2D eigenvalue weighted by molar-refractivity contribution is 0.0998. The van der Waals surface area contributed by atoms with Crippen molar-refractivity contribution in [3.05, 3.63) is 52.8 Å². The monoisotopic (exact) mass is 325 g/mol. The van der Waals surface area contributed by atoms with Crippen molar-refractivity contribution in [2.24, 2.45) is 11.5 Å². The van der Waals surface area contributed by atoms with Crippen LogP contribution in [0.15, 0.2) is 30.6 Å². The van der Waals surface area contributed by atoms with Crippen LogP contribution in [-0.2, 0) is 12.8 Å². The van der Waals surface area contributed by atoms with E-state index in [1.54, 1.807) is 18.5 Å². The summed E-state index contributed by atoms with van der Waals surface area (Å²) < 4.78 is 0. The fraction of sp³-hybridized carbons (Fsp3) is 0.316. The second-order valence-electron chi connectivity index (χ2n) is 5.77. The van der Waals surface area contributed by atoms with Crippen LogP contribution in [0.1, 0.15) is 58.5 Å². The van der Waals surface area contributed by atoms with E-state index in [-0.39, 0.29) is 0 Å². The van der Waals surface area contributed by atoms with Crippen LogP contribution in [-0.4, -0.2) is 16.8 Å². The van der Waals surface area contributed by atoms with Crippen LogP contribution >= 0.6 is 0 Å². The molecule has 0 unspecified atom stereocenters. The van der Waals surface area contributed by atoms with Gasteiger partial charge in [-0.05, 0) is 41.7 Å². The molecule has 1 aromatic carbocycles. The molecule has 5 nitrogen and oxygen atoms in total. The molecule has 0 fully saturated rings. The Hall–Kier alpha value is -2.69. The number of benzene rings is 1. The molecule has 0 saturated heterocycles. The Kier molecular flexibility index (Phi) is 5.68. The van der Waals surface area contributed by atoms with Crippen LogP contribution in [0.2, 0.25) is 0 Å². The third-order valence-corrected chi connectivity index (χ3v) is 4.03. The minimum Gasteiger partial charge on any atom is -0.366 e. The van der Waals surface area contributed by atoms with Gasteiger partial charge >= 0.3 is 0 Å². The Morgan fingerprint density at radius 3 is 2.21 bits per heavy atom. The molecule has 0 aliphatic heterocycles. The average Bonchev–Trinajstić information content (AvgIpc) is 2.55. The van der Waals surface area contributed by atoms with E-state index < -0.39 is 11.8 Å². The number of primary amides is 2. The molecule has 1 aromatic heterocycles. The first-order chi connectivity index (χ1) is 11.5. The second kappa shape index (κ2) is 7.73. The van der Waals surface area contributed by atoms with Gasteiger partial charge in [-0.1, -0.05) is 32.8 Å². The average molecular weight is 325 g/mol. The molecule has 24 heavy (non-hydrogen) atoms. The summed E-state index contributed by atoms with van der Waals surface area (Å²) in [6.07, 6.45) is 6.31. The van der Waals surface area contributed by atoms with E-state index >= 15 is 0 Å². The van der Waals surface area contributed by atoms with Crippen molar-refractivity contribution in [1.29, 1.82) is 0 Å². The molecule has 5 heteroatoms. The molecule has 0 bridgehead atoms. The van der Waals surface area contributed by atoms with Gasteiger partial charge in [0.2, 0.25) is 11.8 Å². The molecule has 0 saturated carbocycles. The highest BCUT2D eigenvalue weighted by Crippen LogP contribution is 2.32. The molecular formula is C19H23N3O2. The van der Waals surface area contributed by atoms with Gasteiger partial charge in [-0.25, -0.2) is 0 Å². The standard InChI is InChI=1S/C19H23N3O2/c1-3-6-13-15(12-8-5-9-22-11-12)10-16(18(20)23)14(7-4-2)17(13)19(21)24/h5,8-11H,3-4,6-7H2,1-2H3,(H2,20,23)(H2,21,24). The van der Waals surface area contributed by atoms with E-state index in [1.807, 2.05) is 26.0 Å². The summed E-state index contributed by atoms with van der Waals surface area (Å²) in [4.78, 5) is 28.3. The summed E-state index contributed by atoms with van der Waals surface area (Å²) in [7, 11) is 0. The smallest absolute Gasteiger partial charge is 0.249 e. The lowest BCUT2D eigenvalue weighted by atomic mass is 9.84. The third kappa shape index (κ3) is 3.45. The third-order valence-electron chi connectivity index (χ3n) is 4.03. The topological polar surface area (TPSA) is 99.1 Å². The molecule has 1 heterocycles. The van der Waals surface area contributed by atoms with Gasteiger partial charge in [0.15, 0.2) is 0 Å². The summed E-state index contributed by atoms with van der Waals surface area (Å²) >= 11 is 0. The maximum Gasteiger partial charge on any atom is 0.249 e. The summed E-state index contributed by atoms with van der Waals surface area (Å²) in [6, 6.07) is 5.50. The predicted octanol–water partition coefficient (Wildman–Crippen LogP) is 2.85. The van der Waals surface area contributed by atoms with E-state index in [2.05, 4.69) is 4.98 Å². The molecular weight excluding hydrogens is 302 g/mol. The number of hydrogen-bond acceptors (Lipinski definition) is 3. The molecule has 2 aromatic rings. The van der Waals surface area contributed by atoms with Crippen LogP contribution in [0, 0.1) is 0 Å². The number of aromatic nitrogens is 1. The lowest BCUT2D eigenvalue weighted by Crippen LogP contribution is -2.23. The molecule has 0 aliphatic rings. The minimum atomic E-state index is -0.547. The fourth-order valence-electron chi connectivity index (χ4n) is 3.09. The van der Waals surface area contributed by atoms with Gasteiger partial charge in [0.1, 0.15) is 0 Å². The number of carbonyl (C=O) groups is 2. The maximum atomic E-state index is 12.2. The Morgan fingerprint density at radius 1 is 1.04 bits per heavy atom. The summed E-state index contributed by atoms with van der Waals surface area (Å²) in [5.74, 6) is -1.07. The van der Waals surface area contributed by atoms with Crippen molar-refractivity contribution in [1.82, 2.24) is 4.98 Å². The zero-order valence-corrected chi connectivity index (χ0v) is 14.1. The summed E-state index contributed by atoms with van der Waals surface area (Å²) in [6.45, 7) is 4.03. The lowest BCUT2D eigenvalue weighted by Gasteiger charge is -2.19. The number of nitrogens with zero attached hydrogens (tertiary/aromatic N) is 1. The first kappa shape index (κ1) is 17.7. The number of amides is 2. The van der Waals surface area contributed by atoms with Gasteiger partial charge in [-0.3, -0.25) is 14.6 Å². The van der Waals surface area contributed by atoms with Gasteiger partial charge < -0.3 is 11.5 Å². The number of hydrogen-bond donors (Lipinski definition) is 2. The number of pyridine rings is 1. The predicted molar refractivity (Wildman–Crippen MR) is 94.7 cm³/mol. The quantitative estimate of drug-likeness (QED) is 0.818. The highest BCUT2D eigenvalue weighted by atomic mass is 16.1. The van der Waals surface area contributed by atoms with Crippen LogP contribution in [0.4, 0.5) is 0 Å². The van der Waals surface area contributed by atoms with Crippen LogP contribution < -0.4 is 11.5 Å². The van der Waals surface area contributed by atoms with Gasteiger partial charge in [0, 0.05) is 29.1 Å². The summed E-state index contributed by atoms with van der Waals surface area (Å²) in [5, 5.41) is 0. The molecule has 0 atom stereocenters. The highest BCUT2D eigenvalue weighted by molar-refractivity contribution is 6.04. The maximum absolute atomic E-state index is 12.2. The number of rotatable bonds is 7. The van der Waals surface area contributed by atoms with E-state index in [0.717, 1.165) is 29.5 Å². The van der Waals surface area contributed by atoms with Crippen LogP contribution in [0.3, 0.4) is 0 Å². The minimum absolute atomic E-state index is 0.365. The Morgan fingerprint density at radius 2 is 1.71 bits per heavy atom. The van der Waals surface area contributed by atoms with Crippen molar-refractivity contribution < 1.29 is 9.59 Å². The SMILES string of the molecule is CCCc1c(C(N)=O)cc(-c2cccnc2)c(CCC)c1C(N)=O. The first-order valence-corrected chi connectivity index (χ1v) is 8.19. The van der Waals surface area contributed by atoms with E-state index in [1.165, 1.54) is 0 Å². The first-order valence-electron chi connectivity index (χ1n) is 8.19. The van der Waals surface area contributed by atoms with E-state index in [4.69, 9.17) is 11.5 Å². The Bertz CT molecular complexity index is 755. The zero-order chi connectivity index (χ0) is 17.7. The van der Waals surface area contributed by atoms with Crippen molar-refractivity contribution in [3.8, 4) is 11.1 Å². The number of carbonyl (C=O) groups excluding carboxylic acids is 2. The van der Waals surface area contributed by atoms with Gasteiger partial charge in [0.25, 0.3) is 0 Å². The number of nitrogens with two attached hydrogens (primary N) is 2. The molecule has 126 valence electrons. The van der Waals surface area contributed by atoms with Crippen molar-refractivity contribution in [2.75, 3.05) is 0 Å². The van der Waals surface area contributed by atoms with E-state index in [0.29, 0.717) is 29.5 Å². The van der Waals surface area contributed by atoms with Crippen LogP contribution in [0.25, 0.3) is 11.1 Å². The van der Waals surface area contributed by atoms with E-state index in [9.17, 15) is 9.59 Å². The molecule has 0 radical (unpaired) electrons. The fourth-order valence-corrected chi connectivity index (χ4v) is 3.09. The van der Waals surface area contributed by atoms with Crippen molar-refractivity contribution >= 4 is 11.8 Å². The van der Waals surface area contributed by atoms with Crippen molar-refractivity contribution in [2.45, 2.75) is 39.5 Å². The second-order valence-corrected chi connectivity index (χ2v) is 5.77. The van der Waals surface area contributed by atoms with Gasteiger partial charge in [0.05, 0.1) is 0 Å². The Labute approximate surface area is 142 Å².